The maximum Gasteiger partial charge on any atom is 0.144 e. The molecule has 0 fully saturated rings. The van der Waals surface area contributed by atoms with Crippen LogP contribution in [-0.4, -0.2) is 31.0 Å². The van der Waals surface area contributed by atoms with E-state index in [9.17, 15) is 4.57 Å². The van der Waals surface area contributed by atoms with Crippen molar-refractivity contribution in [3.05, 3.63) is 60.7 Å². The van der Waals surface area contributed by atoms with Gasteiger partial charge >= 0.3 is 0 Å². The zero-order valence-electron chi connectivity index (χ0n) is 11.4. The van der Waals surface area contributed by atoms with Gasteiger partial charge < -0.3 is 15.0 Å². The zero-order valence-corrected chi connectivity index (χ0v) is 12.3. The average molecular weight is 289 g/mol. The van der Waals surface area contributed by atoms with Gasteiger partial charge in [0.2, 0.25) is 0 Å². The van der Waals surface area contributed by atoms with Crippen molar-refractivity contribution in [2.45, 2.75) is 0 Å². The van der Waals surface area contributed by atoms with Crippen molar-refractivity contribution in [3.63, 3.8) is 0 Å². The number of hydrogen-bond acceptors (Lipinski definition) is 3. The molecular formula is C16H20NO2P. The predicted octanol–water partition coefficient (Wildman–Crippen LogP) is 1.58. The van der Waals surface area contributed by atoms with Gasteiger partial charge in [0.05, 0.1) is 6.61 Å². The molecule has 2 N–H and O–H groups in total. The SMILES string of the molecule is O=P(CCNCCO)(c1ccccc1)c1ccccc1. The van der Waals surface area contributed by atoms with Crippen molar-refractivity contribution in [3.8, 4) is 0 Å². The third kappa shape index (κ3) is 3.57. The highest BCUT2D eigenvalue weighted by atomic mass is 31.2. The van der Waals surface area contributed by atoms with Crippen molar-refractivity contribution in [1.82, 2.24) is 5.32 Å². The molecule has 2 aromatic carbocycles. The first-order valence-electron chi connectivity index (χ1n) is 6.79. The first-order valence-corrected chi connectivity index (χ1v) is 8.68. The van der Waals surface area contributed by atoms with Gasteiger partial charge in [-0.25, -0.2) is 0 Å². The lowest BCUT2D eigenvalue weighted by molar-refractivity contribution is 0.293. The van der Waals surface area contributed by atoms with E-state index in [0.29, 0.717) is 19.3 Å². The Morgan fingerprint density at radius 3 is 1.80 bits per heavy atom. The molecule has 3 nitrogen and oxygen atoms in total. The molecule has 0 aliphatic rings. The molecule has 0 saturated heterocycles. The number of aliphatic hydroxyl groups excluding tert-OH is 1. The van der Waals surface area contributed by atoms with Gasteiger partial charge in [-0.2, -0.15) is 0 Å². The summed E-state index contributed by atoms with van der Waals surface area (Å²) in [7, 11) is -2.61. The average Bonchev–Trinajstić information content (AvgIpc) is 2.53. The first kappa shape index (κ1) is 15.0. The summed E-state index contributed by atoms with van der Waals surface area (Å²) in [6, 6.07) is 19.3. The highest BCUT2D eigenvalue weighted by Gasteiger charge is 2.26. The summed E-state index contributed by atoms with van der Waals surface area (Å²) in [6.45, 7) is 1.26. The molecule has 0 radical (unpaired) electrons. The van der Waals surface area contributed by atoms with E-state index in [1.807, 2.05) is 60.7 Å². The third-order valence-electron chi connectivity index (χ3n) is 3.24. The lowest BCUT2D eigenvalue weighted by Gasteiger charge is -2.19. The van der Waals surface area contributed by atoms with Crippen molar-refractivity contribution >= 4 is 17.8 Å². The molecule has 20 heavy (non-hydrogen) atoms. The number of hydrogen-bond donors (Lipinski definition) is 2. The Morgan fingerprint density at radius 1 is 0.850 bits per heavy atom. The standard InChI is InChI=1S/C16H20NO2P/c18-13-11-17-12-14-20(19,15-7-3-1-4-8-15)16-9-5-2-6-10-16/h1-10,17-18H,11-14H2. The predicted molar refractivity (Wildman–Crippen MR) is 84.6 cm³/mol. The maximum atomic E-state index is 13.5. The van der Waals surface area contributed by atoms with Gasteiger partial charge in [0.15, 0.2) is 0 Å². The second-order valence-electron chi connectivity index (χ2n) is 4.61. The highest BCUT2D eigenvalue weighted by Crippen LogP contribution is 2.42. The summed E-state index contributed by atoms with van der Waals surface area (Å²) in [5, 5.41) is 13.7. The summed E-state index contributed by atoms with van der Waals surface area (Å²) in [6.07, 6.45) is 0.557. The van der Waals surface area contributed by atoms with Gasteiger partial charge in [0.25, 0.3) is 0 Å². The smallest absolute Gasteiger partial charge is 0.144 e. The van der Waals surface area contributed by atoms with Gasteiger partial charge in [-0.05, 0) is 0 Å². The topological polar surface area (TPSA) is 49.3 Å². The molecule has 0 saturated carbocycles. The third-order valence-corrected chi connectivity index (χ3v) is 6.36. The molecule has 0 aliphatic heterocycles. The fraction of sp³-hybridized carbons (Fsp3) is 0.250. The van der Waals surface area contributed by atoms with Crippen LogP contribution in [0.25, 0.3) is 0 Å². The van der Waals surface area contributed by atoms with Gasteiger partial charge in [0.1, 0.15) is 7.14 Å². The molecule has 0 atom stereocenters. The minimum absolute atomic E-state index is 0.0982. The second-order valence-corrected chi connectivity index (χ2v) is 7.57. The Hall–Kier alpha value is -1.41. The molecule has 0 aliphatic carbocycles. The van der Waals surface area contributed by atoms with E-state index < -0.39 is 7.14 Å². The van der Waals surface area contributed by atoms with Crippen LogP contribution in [0.5, 0.6) is 0 Å². The summed E-state index contributed by atoms with van der Waals surface area (Å²) in [4.78, 5) is 0. The van der Waals surface area contributed by atoms with E-state index in [2.05, 4.69) is 5.32 Å². The minimum Gasteiger partial charge on any atom is -0.395 e. The van der Waals surface area contributed by atoms with Gasteiger partial charge in [0, 0.05) is 29.9 Å². The van der Waals surface area contributed by atoms with Gasteiger partial charge in [-0.15, -0.1) is 0 Å². The van der Waals surface area contributed by atoms with E-state index in [1.54, 1.807) is 0 Å². The van der Waals surface area contributed by atoms with Crippen LogP contribution in [-0.2, 0) is 4.57 Å². The first-order chi connectivity index (χ1) is 9.77. The highest BCUT2D eigenvalue weighted by molar-refractivity contribution is 7.78. The van der Waals surface area contributed by atoms with Crippen molar-refractivity contribution in [2.24, 2.45) is 0 Å². The molecule has 2 rings (SSSR count). The van der Waals surface area contributed by atoms with Crippen LogP contribution in [0.2, 0.25) is 0 Å². The fourth-order valence-corrected chi connectivity index (χ4v) is 4.78. The number of benzene rings is 2. The molecule has 0 bridgehead atoms. The van der Waals surface area contributed by atoms with Crippen LogP contribution in [0, 0.1) is 0 Å². The van der Waals surface area contributed by atoms with Crippen LogP contribution in [0.4, 0.5) is 0 Å². The largest absolute Gasteiger partial charge is 0.395 e. The molecule has 0 aromatic heterocycles. The summed E-state index contributed by atoms with van der Waals surface area (Å²) in [5.41, 5.74) is 0. The van der Waals surface area contributed by atoms with Gasteiger partial charge in [-0.1, -0.05) is 60.7 Å². The van der Waals surface area contributed by atoms with Gasteiger partial charge in [-0.3, -0.25) is 0 Å². The van der Waals surface area contributed by atoms with Crippen LogP contribution in [0.3, 0.4) is 0 Å². The molecule has 0 heterocycles. The number of aliphatic hydroxyl groups is 1. The molecule has 0 unspecified atom stereocenters. The van der Waals surface area contributed by atoms with Crippen LogP contribution in [0.1, 0.15) is 0 Å². The monoisotopic (exact) mass is 289 g/mol. The van der Waals surface area contributed by atoms with E-state index >= 15 is 0 Å². The Balaban J connectivity index is 2.27. The van der Waals surface area contributed by atoms with E-state index in [1.165, 1.54) is 0 Å². The van der Waals surface area contributed by atoms with Crippen molar-refractivity contribution in [1.29, 1.82) is 0 Å². The lowest BCUT2D eigenvalue weighted by atomic mass is 10.4. The van der Waals surface area contributed by atoms with E-state index in [4.69, 9.17) is 5.11 Å². The number of rotatable bonds is 7. The molecule has 4 heteroatoms. The number of nitrogens with one attached hydrogen (secondary N) is 1. The zero-order chi connectivity index (χ0) is 14.3. The normalized spacial score (nSPS) is 11.4. The molecule has 0 amide bonds. The van der Waals surface area contributed by atoms with Crippen molar-refractivity contribution < 1.29 is 9.67 Å². The second kappa shape index (κ2) is 7.39. The van der Waals surface area contributed by atoms with Crippen molar-refractivity contribution in [2.75, 3.05) is 25.9 Å². The molecule has 2 aromatic rings. The van der Waals surface area contributed by atoms with Crippen LogP contribution in [0.15, 0.2) is 60.7 Å². The Labute approximate surface area is 120 Å². The maximum absolute atomic E-state index is 13.5. The molecule has 106 valence electrons. The fourth-order valence-electron chi connectivity index (χ4n) is 2.19. The summed E-state index contributed by atoms with van der Waals surface area (Å²) < 4.78 is 13.5. The quantitative estimate of drug-likeness (QED) is 0.601. The van der Waals surface area contributed by atoms with E-state index in [-0.39, 0.29) is 6.61 Å². The molecule has 0 spiro atoms. The van der Waals surface area contributed by atoms with Crippen LogP contribution >= 0.6 is 7.14 Å². The molecular weight excluding hydrogens is 269 g/mol. The summed E-state index contributed by atoms with van der Waals surface area (Å²) >= 11 is 0. The minimum atomic E-state index is -2.61. The summed E-state index contributed by atoms with van der Waals surface area (Å²) in [5.74, 6) is 0. The lowest BCUT2D eigenvalue weighted by Crippen LogP contribution is -2.27. The Morgan fingerprint density at radius 2 is 1.35 bits per heavy atom. The Kier molecular flexibility index (Phi) is 5.54. The van der Waals surface area contributed by atoms with E-state index in [0.717, 1.165) is 10.6 Å². The Bertz CT molecular complexity index is 514. The van der Waals surface area contributed by atoms with Crippen LogP contribution < -0.4 is 15.9 Å².